The minimum Gasteiger partial charge on any atom is -0.309 e. The molecule has 0 saturated heterocycles. The van der Waals surface area contributed by atoms with E-state index in [1.165, 1.54) is 44.9 Å². The van der Waals surface area contributed by atoms with Crippen LogP contribution in [0.5, 0.6) is 0 Å². The Labute approximate surface area is 123 Å². The van der Waals surface area contributed by atoms with Crippen LogP contribution in [0.15, 0.2) is 17.1 Å². The zero-order valence-corrected chi connectivity index (χ0v) is 13.4. The SMILES string of the molecule is CCCCCCC(C)(CCCCC)c1ccnc(=O)[nH]1. The molecule has 0 aliphatic heterocycles. The summed E-state index contributed by atoms with van der Waals surface area (Å²) in [6.45, 7) is 6.76. The number of H-pyrrole nitrogens is 1. The molecule has 1 heterocycles. The van der Waals surface area contributed by atoms with Crippen molar-refractivity contribution in [3.05, 3.63) is 28.4 Å². The smallest absolute Gasteiger partial charge is 0.309 e. The Morgan fingerprint density at radius 3 is 2.25 bits per heavy atom. The first-order chi connectivity index (χ1) is 9.62. The summed E-state index contributed by atoms with van der Waals surface area (Å²) in [5.74, 6) is 0. The van der Waals surface area contributed by atoms with Crippen molar-refractivity contribution in [1.82, 2.24) is 9.97 Å². The van der Waals surface area contributed by atoms with E-state index in [0.717, 1.165) is 18.5 Å². The number of hydrogen-bond donors (Lipinski definition) is 1. The van der Waals surface area contributed by atoms with Crippen LogP contribution in [0.4, 0.5) is 0 Å². The minimum atomic E-state index is -0.224. The molecule has 0 aliphatic rings. The maximum atomic E-state index is 11.5. The van der Waals surface area contributed by atoms with Crippen LogP contribution in [0.2, 0.25) is 0 Å². The van der Waals surface area contributed by atoms with Crippen LogP contribution in [0, 0.1) is 0 Å². The average Bonchev–Trinajstić information content (AvgIpc) is 2.44. The molecular formula is C17H30N2O. The van der Waals surface area contributed by atoms with Gasteiger partial charge in [-0.1, -0.05) is 65.7 Å². The second kappa shape index (κ2) is 8.93. The van der Waals surface area contributed by atoms with Gasteiger partial charge in [-0.2, -0.15) is 0 Å². The Kier molecular flexibility index (Phi) is 7.56. The quantitative estimate of drug-likeness (QED) is 0.637. The fraction of sp³-hybridized carbons (Fsp3) is 0.765. The molecule has 1 rings (SSSR count). The lowest BCUT2D eigenvalue weighted by molar-refractivity contribution is 0.355. The molecule has 0 aliphatic carbocycles. The number of hydrogen-bond acceptors (Lipinski definition) is 2. The molecule has 1 unspecified atom stereocenters. The number of aromatic amines is 1. The summed E-state index contributed by atoms with van der Waals surface area (Å²) in [7, 11) is 0. The molecule has 3 nitrogen and oxygen atoms in total. The zero-order chi connectivity index (χ0) is 14.8. The van der Waals surface area contributed by atoms with Gasteiger partial charge in [0.25, 0.3) is 0 Å². The molecule has 0 fully saturated rings. The van der Waals surface area contributed by atoms with Gasteiger partial charge in [0.2, 0.25) is 0 Å². The number of aromatic nitrogens is 2. The van der Waals surface area contributed by atoms with Gasteiger partial charge < -0.3 is 4.98 Å². The third kappa shape index (κ3) is 5.48. The number of unbranched alkanes of at least 4 members (excludes halogenated alkanes) is 5. The van der Waals surface area contributed by atoms with Gasteiger partial charge in [-0.3, -0.25) is 0 Å². The molecule has 1 aromatic rings. The Morgan fingerprint density at radius 1 is 1.05 bits per heavy atom. The maximum Gasteiger partial charge on any atom is 0.345 e. The summed E-state index contributed by atoms with van der Waals surface area (Å²) < 4.78 is 0. The van der Waals surface area contributed by atoms with Crippen LogP contribution in [0.3, 0.4) is 0 Å². The second-order valence-electron chi connectivity index (χ2n) is 6.12. The van der Waals surface area contributed by atoms with Gasteiger partial charge in [0.1, 0.15) is 0 Å². The normalized spacial score (nSPS) is 14.2. The van der Waals surface area contributed by atoms with Crippen molar-refractivity contribution in [3.63, 3.8) is 0 Å². The van der Waals surface area contributed by atoms with E-state index in [2.05, 4.69) is 30.7 Å². The Bertz CT molecular complexity index is 427. The van der Waals surface area contributed by atoms with E-state index in [1.54, 1.807) is 6.20 Å². The highest BCUT2D eigenvalue weighted by Crippen LogP contribution is 2.33. The molecule has 20 heavy (non-hydrogen) atoms. The van der Waals surface area contributed by atoms with E-state index in [4.69, 9.17) is 0 Å². The molecule has 1 N–H and O–H groups in total. The van der Waals surface area contributed by atoms with E-state index >= 15 is 0 Å². The van der Waals surface area contributed by atoms with Crippen LogP contribution < -0.4 is 5.69 Å². The van der Waals surface area contributed by atoms with Crippen molar-refractivity contribution in [3.8, 4) is 0 Å². The van der Waals surface area contributed by atoms with Gasteiger partial charge in [0, 0.05) is 17.3 Å². The monoisotopic (exact) mass is 278 g/mol. The van der Waals surface area contributed by atoms with E-state index < -0.39 is 0 Å². The van der Waals surface area contributed by atoms with E-state index in [1.807, 2.05) is 6.07 Å². The fourth-order valence-corrected chi connectivity index (χ4v) is 2.82. The molecular weight excluding hydrogens is 248 g/mol. The number of nitrogens with zero attached hydrogens (tertiary/aromatic N) is 1. The van der Waals surface area contributed by atoms with Crippen LogP contribution in [-0.2, 0) is 5.41 Å². The molecule has 0 spiro atoms. The van der Waals surface area contributed by atoms with Crippen molar-refractivity contribution in [2.45, 2.75) is 84.0 Å². The van der Waals surface area contributed by atoms with Gasteiger partial charge in [-0.15, -0.1) is 0 Å². The first-order valence-electron chi connectivity index (χ1n) is 8.18. The zero-order valence-electron chi connectivity index (χ0n) is 13.4. The standard InChI is InChI=1S/C17H30N2O/c1-4-6-8-10-13-17(3,12-9-7-5-2)15-11-14-18-16(20)19-15/h11,14H,4-10,12-13H2,1-3H3,(H,18,19,20). The average molecular weight is 278 g/mol. The van der Waals surface area contributed by atoms with Gasteiger partial charge >= 0.3 is 5.69 Å². The van der Waals surface area contributed by atoms with Crippen molar-refractivity contribution in [2.75, 3.05) is 0 Å². The largest absolute Gasteiger partial charge is 0.345 e. The van der Waals surface area contributed by atoms with E-state index in [0.29, 0.717) is 0 Å². The highest BCUT2D eigenvalue weighted by atomic mass is 16.1. The Balaban J connectivity index is 2.74. The molecule has 1 atom stereocenters. The van der Waals surface area contributed by atoms with Crippen LogP contribution in [0.25, 0.3) is 0 Å². The molecule has 0 bridgehead atoms. The number of rotatable bonds is 10. The predicted octanol–water partition coefficient (Wildman–Crippen LogP) is 4.58. The summed E-state index contributed by atoms with van der Waals surface area (Å²) in [5.41, 5.74) is 0.924. The first kappa shape index (κ1) is 16.9. The van der Waals surface area contributed by atoms with Crippen molar-refractivity contribution < 1.29 is 0 Å². The third-order valence-corrected chi connectivity index (χ3v) is 4.24. The summed E-state index contributed by atoms with van der Waals surface area (Å²) in [6.07, 6.45) is 12.7. The van der Waals surface area contributed by atoms with Crippen molar-refractivity contribution in [1.29, 1.82) is 0 Å². The van der Waals surface area contributed by atoms with E-state index in [9.17, 15) is 4.79 Å². The lowest BCUT2D eigenvalue weighted by Gasteiger charge is -2.30. The Morgan fingerprint density at radius 2 is 1.65 bits per heavy atom. The van der Waals surface area contributed by atoms with Crippen molar-refractivity contribution >= 4 is 0 Å². The lowest BCUT2D eigenvalue weighted by atomic mass is 9.77. The Hall–Kier alpha value is -1.12. The predicted molar refractivity (Wildman–Crippen MR) is 85.1 cm³/mol. The highest BCUT2D eigenvalue weighted by Gasteiger charge is 2.26. The van der Waals surface area contributed by atoms with Crippen LogP contribution in [-0.4, -0.2) is 9.97 Å². The third-order valence-electron chi connectivity index (χ3n) is 4.24. The van der Waals surface area contributed by atoms with Gasteiger partial charge in [-0.25, -0.2) is 9.78 Å². The van der Waals surface area contributed by atoms with Crippen LogP contribution >= 0.6 is 0 Å². The molecule has 0 amide bonds. The van der Waals surface area contributed by atoms with Gasteiger partial charge in [-0.05, 0) is 18.9 Å². The number of nitrogens with one attached hydrogen (secondary N) is 1. The lowest BCUT2D eigenvalue weighted by Crippen LogP contribution is -2.27. The molecule has 1 aromatic heterocycles. The molecule has 3 heteroatoms. The molecule has 0 aromatic carbocycles. The molecule has 114 valence electrons. The summed E-state index contributed by atoms with van der Waals surface area (Å²) in [4.78, 5) is 18.2. The summed E-state index contributed by atoms with van der Waals surface area (Å²) >= 11 is 0. The summed E-state index contributed by atoms with van der Waals surface area (Å²) in [6, 6.07) is 1.98. The molecule has 0 saturated carbocycles. The van der Waals surface area contributed by atoms with Crippen molar-refractivity contribution in [2.24, 2.45) is 0 Å². The minimum absolute atomic E-state index is 0.0883. The fourth-order valence-electron chi connectivity index (χ4n) is 2.82. The first-order valence-corrected chi connectivity index (χ1v) is 8.18. The molecule has 0 radical (unpaired) electrons. The second-order valence-corrected chi connectivity index (χ2v) is 6.12. The van der Waals surface area contributed by atoms with Gasteiger partial charge in [0.05, 0.1) is 0 Å². The van der Waals surface area contributed by atoms with Crippen LogP contribution in [0.1, 0.15) is 84.3 Å². The maximum absolute atomic E-state index is 11.5. The van der Waals surface area contributed by atoms with E-state index in [-0.39, 0.29) is 11.1 Å². The summed E-state index contributed by atoms with van der Waals surface area (Å²) in [5, 5.41) is 0. The highest BCUT2D eigenvalue weighted by molar-refractivity contribution is 5.13. The topological polar surface area (TPSA) is 45.8 Å². The van der Waals surface area contributed by atoms with Gasteiger partial charge in [0.15, 0.2) is 0 Å².